The number of nitriles is 1. The van der Waals surface area contributed by atoms with E-state index in [1.807, 2.05) is 6.07 Å². The molecule has 1 aliphatic carbocycles. The third-order valence-electron chi connectivity index (χ3n) is 6.89. The summed E-state index contributed by atoms with van der Waals surface area (Å²) in [6, 6.07) is 7.77. The minimum atomic E-state index is -3.42. The third kappa shape index (κ3) is 3.56. The molecule has 3 aliphatic rings. The Morgan fingerprint density at radius 1 is 1.19 bits per heavy atom. The van der Waals surface area contributed by atoms with E-state index in [-0.39, 0.29) is 51.9 Å². The van der Waals surface area contributed by atoms with Crippen LogP contribution in [0.3, 0.4) is 0 Å². The fourth-order valence-corrected chi connectivity index (χ4v) is 5.01. The lowest BCUT2D eigenvalue weighted by atomic mass is 9.70. The first-order valence-corrected chi connectivity index (χ1v) is 11.4. The minimum Gasteiger partial charge on any atom is -0.379 e. The molecule has 2 saturated heterocycles. The molecule has 2 aromatic carbocycles. The van der Waals surface area contributed by atoms with Crippen LogP contribution in [-0.4, -0.2) is 60.8 Å². The summed E-state index contributed by atoms with van der Waals surface area (Å²) in [6.07, 6.45) is -1.73. The van der Waals surface area contributed by atoms with Crippen molar-refractivity contribution in [1.29, 1.82) is 5.26 Å². The highest BCUT2D eigenvalue weighted by molar-refractivity contribution is 6.20. The summed E-state index contributed by atoms with van der Waals surface area (Å²) in [7, 11) is 0. The van der Waals surface area contributed by atoms with Gasteiger partial charge in [-0.3, -0.25) is 9.69 Å². The third-order valence-corrected chi connectivity index (χ3v) is 6.89. The summed E-state index contributed by atoms with van der Waals surface area (Å²) < 4.78 is 133. The van der Waals surface area contributed by atoms with Crippen molar-refractivity contribution < 1.29 is 30.1 Å². The van der Waals surface area contributed by atoms with Gasteiger partial charge in [-0.1, -0.05) is 26.8 Å². The van der Waals surface area contributed by atoms with Gasteiger partial charge in [-0.2, -0.15) is 5.26 Å². The molecule has 0 saturated carbocycles. The SMILES string of the molecule is [2H]CCc1cc2c(cc1N1C([2H])([2H])CC(N3C([2H])([2H])C([2H])([2H])OC([2H])([2H])C3([2H])[2H])CC1([2H])[2H])C(C[2H])(C[2H])c1[nH]c3cc(C#N)ccc3c1C2=O. The number of aromatic nitrogens is 1. The summed E-state index contributed by atoms with van der Waals surface area (Å²) in [5, 5.41) is 9.92. The molecule has 3 heterocycles. The Labute approximate surface area is 233 Å². The van der Waals surface area contributed by atoms with Gasteiger partial charge in [0.2, 0.25) is 0 Å². The van der Waals surface area contributed by atoms with E-state index in [0.29, 0.717) is 16.5 Å². The molecule has 6 heteroatoms. The molecule has 186 valence electrons. The number of hydrogen-bond donors (Lipinski definition) is 1. The van der Waals surface area contributed by atoms with Gasteiger partial charge in [-0.15, -0.1) is 0 Å². The average Bonchev–Trinajstić information content (AvgIpc) is 3.39. The molecule has 0 spiro atoms. The summed E-state index contributed by atoms with van der Waals surface area (Å²) in [4.78, 5) is 18.3. The molecule has 3 aromatic rings. The van der Waals surface area contributed by atoms with Gasteiger partial charge < -0.3 is 14.6 Å². The summed E-state index contributed by atoms with van der Waals surface area (Å²) >= 11 is 0. The van der Waals surface area contributed by atoms with Crippen LogP contribution in [0.5, 0.6) is 0 Å². The zero-order valence-electron chi connectivity index (χ0n) is 34.4. The Morgan fingerprint density at radius 3 is 2.72 bits per heavy atom. The van der Waals surface area contributed by atoms with E-state index in [9.17, 15) is 10.1 Å². The van der Waals surface area contributed by atoms with Crippen molar-refractivity contribution in [2.24, 2.45) is 0 Å². The van der Waals surface area contributed by atoms with Gasteiger partial charge in [0.25, 0.3) is 0 Å². The van der Waals surface area contributed by atoms with E-state index in [0.717, 1.165) is 4.90 Å². The van der Waals surface area contributed by atoms with Gasteiger partial charge in [0.1, 0.15) is 0 Å². The number of rotatable bonds is 3. The van der Waals surface area contributed by atoms with Crippen molar-refractivity contribution in [2.75, 3.05) is 44.0 Å². The summed E-state index contributed by atoms with van der Waals surface area (Å²) in [6.45, 7) is -20.3. The first-order valence-electron chi connectivity index (χ1n) is 19.6. The lowest BCUT2D eigenvalue weighted by Gasteiger charge is -2.42. The number of ether oxygens (including phenoxy) is 1. The zero-order valence-corrected chi connectivity index (χ0v) is 19.4. The number of piperidine rings is 1. The fraction of sp³-hybridized carbons (Fsp3) is 0.467. The molecule has 6 nitrogen and oxygen atoms in total. The Hall–Kier alpha value is -3.14. The van der Waals surface area contributed by atoms with Crippen molar-refractivity contribution in [1.82, 2.24) is 9.88 Å². The number of carbonyl (C=O) groups excluding carboxylic acids is 1. The van der Waals surface area contributed by atoms with Gasteiger partial charge >= 0.3 is 0 Å². The molecular weight excluding hydrogens is 448 g/mol. The van der Waals surface area contributed by atoms with E-state index >= 15 is 0 Å². The number of nitrogens with zero attached hydrogens (tertiary/aromatic N) is 3. The van der Waals surface area contributed by atoms with E-state index in [4.69, 9.17) is 20.6 Å². The molecule has 0 unspecified atom stereocenters. The smallest absolute Gasteiger partial charge is 0.195 e. The maximum atomic E-state index is 14.2. The Morgan fingerprint density at radius 2 is 2.00 bits per heavy atom. The van der Waals surface area contributed by atoms with Crippen LogP contribution in [-0.2, 0) is 16.6 Å². The van der Waals surface area contributed by atoms with Crippen LogP contribution < -0.4 is 4.90 Å². The maximum Gasteiger partial charge on any atom is 0.195 e. The van der Waals surface area contributed by atoms with Crippen LogP contribution in [0, 0.1) is 11.3 Å². The molecule has 0 amide bonds. The van der Waals surface area contributed by atoms with Crippen LogP contribution >= 0.6 is 0 Å². The molecule has 0 radical (unpaired) electrons. The van der Waals surface area contributed by atoms with Gasteiger partial charge in [0.15, 0.2) is 5.78 Å². The number of fused-ring (bicyclic) bond motifs is 4. The highest BCUT2D eigenvalue weighted by Gasteiger charge is 2.40. The highest BCUT2D eigenvalue weighted by atomic mass is 16.5. The lowest BCUT2D eigenvalue weighted by molar-refractivity contribution is 0.0115. The number of aryl methyl sites for hydroxylation is 1. The molecular formula is C30H34N4O2. The Kier molecular flexibility index (Phi) is 2.90. The molecule has 0 bridgehead atoms. The van der Waals surface area contributed by atoms with Crippen molar-refractivity contribution in [3.05, 3.63) is 63.8 Å². The number of morpholine rings is 1. The largest absolute Gasteiger partial charge is 0.379 e. The number of aromatic amines is 1. The monoisotopic (exact) mass is 497 g/mol. The molecule has 1 N–H and O–H groups in total. The van der Waals surface area contributed by atoms with Crippen LogP contribution in [0.15, 0.2) is 30.3 Å². The Bertz CT molecular complexity index is 1920. The molecule has 6 rings (SSSR count). The Balaban J connectivity index is 1.52. The van der Waals surface area contributed by atoms with Gasteiger partial charge in [-0.05, 0) is 54.7 Å². The predicted octanol–water partition coefficient (Wildman–Crippen LogP) is 4.77. The number of ketones is 1. The van der Waals surface area contributed by atoms with E-state index < -0.39 is 83.0 Å². The molecule has 36 heavy (non-hydrogen) atoms. The van der Waals surface area contributed by atoms with Crippen LogP contribution in [0.25, 0.3) is 10.9 Å². The van der Waals surface area contributed by atoms with Crippen LogP contribution in [0.2, 0.25) is 0 Å². The molecule has 1 aromatic heterocycles. The van der Waals surface area contributed by atoms with Gasteiger partial charge in [-0.25, -0.2) is 0 Å². The first kappa shape index (κ1) is 11.9. The minimum absolute atomic E-state index is 0.0714. The zero-order chi connectivity index (χ0) is 37.9. The number of hydrogen-bond acceptors (Lipinski definition) is 5. The number of nitrogens with one attached hydrogen (secondary N) is 1. The molecule has 0 atom stereocenters. The number of H-pyrrole nitrogens is 1. The first-order chi connectivity index (χ1) is 23.5. The quantitative estimate of drug-likeness (QED) is 0.564. The van der Waals surface area contributed by atoms with Crippen molar-refractivity contribution in [3.8, 4) is 6.07 Å². The van der Waals surface area contributed by atoms with E-state index in [2.05, 4.69) is 9.72 Å². The second-order valence-corrected chi connectivity index (χ2v) is 9.05. The number of anilines is 1. The van der Waals surface area contributed by atoms with Crippen molar-refractivity contribution in [3.63, 3.8) is 0 Å². The standard InChI is InChI=1S/C30H34N4O2/c1-4-20-16-23-24(17-26(20)34-9-7-21(8-10-34)33-11-13-36-14-12-33)30(2,3)29-27(28(23)35)22-6-5-19(18-31)15-25(22)32-29/h5-6,15-17,21,32H,4,7-14H2,1-3H3/i1D,2D,3D,9D2,10D2,11D2,12D2,13D2,14D2. The number of carbonyl (C=O) groups is 1. The van der Waals surface area contributed by atoms with Gasteiger partial charge in [0.05, 0.1) is 35.8 Å². The number of benzene rings is 2. The fourth-order valence-electron chi connectivity index (χ4n) is 5.01. The second kappa shape index (κ2) is 8.76. The molecule has 2 fully saturated rings. The normalized spacial score (nSPS) is 34.7. The molecule has 2 aliphatic heterocycles. The van der Waals surface area contributed by atoms with E-state index in [1.165, 1.54) is 12.1 Å². The maximum absolute atomic E-state index is 14.2. The van der Waals surface area contributed by atoms with Crippen molar-refractivity contribution >= 4 is 22.4 Å². The van der Waals surface area contributed by atoms with E-state index in [1.54, 1.807) is 18.2 Å². The highest BCUT2D eigenvalue weighted by Crippen LogP contribution is 2.46. The van der Waals surface area contributed by atoms with Gasteiger partial charge in [0, 0.05) is 80.4 Å². The average molecular weight is 498 g/mol. The summed E-state index contributed by atoms with van der Waals surface area (Å²) in [5.74, 6) is -0.476. The van der Waals surface area contributed by atoms with Crippen LogP contribution in [0.1, 0.15) is 92.4 Å². The second-order valence-electron chi connectivity index (χ2n) is 9.05. The predicted molar refractivity (Wildman–Crippen MR) is 142 cm³/mol. The topological polar surface area (TPSA) is 72.4 Å². The van der Waals surface area contributed by atoms with Crippen LogP contribution in [0.4, 0.5) is 5.69 Å². The van der Waals surface area contributed by atoms with Crippen molar-refractivity contribution in [2.45, 2.75) is 51.4 Å². The summed E-state index contributed by atoms with van der Waals surface area (Å²) in [5.41, 5.74) is 0.0617. The lowest BCUT2D eigenvalue weighted by Crippen LogP contribution is -2.49.